The van der Waals surface area contributed by atoms with Gasteiger partial charge in [0.1, 0.15) is 6.26 Å². The quantitative estimate of drug-likeness (QED) is 0.249. The molecule has 0 unspecified atom stereocenters. The van der Waals surface area contributed by atoms with Crippen molar-refractivity contribution in [1.29, 1.82) is 0 Å². The zero-order valence-electron chi connectivity index (χ0n) is 17.4. The maximum atomic E-state index is 12.1. The molecule has 29 heavy (non-hydrogen) atoms. The molecule has 8 nitrogen and oxygen atoms in total. The lowest BCUT2D eigenvalue weighted by Crippen LogP contribution is -2.53. The zero-order chi connectivity index (χ0) is 19.6. The maximum Gasteiger partial charge on any atom is 0.220 e. The standard InChI is InChI=1S/C20H34N6O2.HI/c1-21-20(23-9-8-22-19(27)15-17-5-3-2-4-6-17)26-12-10-25(11-13-26)16-18-7-14-28-24-18;/h7,14,17H,2-6,8-13,15-16H2,1H3,(H,21,23)(H,22,27);1H. The summed E-state index contributed by atoms with van der Waals surface area (Å²) in [5, 5.41) is 10.4. The molecule has 2 N–H and O–H groups in total. The highest BCUT2D eigenvalue weighted by Gasteiger charge is 2.20. The Kier molecular flexibility index (Phi) is 10.8. The first-order valence-electron chi connectivity index (χ1n) is 10.6. The van der Waals surface area contributed by atoms with Crippen molar-refractivity contribution in [3.05, 3.63) is 18.0 Å². The van der Waals surface area contributed by atoms with E-state index >= 15 is 0 Å². The van der Waals surface area contributed by atoms with Gasteiger partial charge in [-0.15, -0.1) is 24.0 Å². The van der Waals surface area contributed by atoms with Crippen LogP contribution in [-0.2, 0) is 11.3 Å². The lowest BCUT2D eigenvalue weighted by atomic mass is 9.87. The SMILES string of the molecule is CN=C(NCCNC(=O)CC1CCCCC1)N1CCN(Cc2ccon2)CC1.I. The normalized spacial score (nSPS) is 18.9. The number of piperazine rings is 1. The second-order valence-electron chi connectivity index (χ2n) is 7.79. The molecule has 0 radical (unpaired) electrons. The predicted octanol–water partition coefficient (Wildman–Crippen LogP) is 2.07. The van der Waals surface area contributed by atoms with Crippen LogP contribution in [0.3, 0.4) is 0 Å². The van der Waals surface area contributed by atoms with E-state index in [9.17, 15) is 4.79 Å². The average molecular weight is 518 g/mol. The molecule has 3 rings (SSSR count). The average Bonchev–Trinajstić information content (AvgIpc) is 3.23. The molecule has 0 bridgehead atoms. The van der Waals surface area contributed by atoms with Crippen LogP contribution in [0.1, 0.15) is 44.2 Å². The van der Waals surface area contributed by atoms with Crippen LogP contribution in [0.5, 0.6) is 0 Å². The molecule has 1 aromatic rings. The lowest BCUT2D eigenvalue weighted by molar-refractivity contribution is -0.122. The van der Waals surface area contributed by atoms with Gasteiger partial charge in [0.15, 0.2) is 5.96 Å². The van der Waals surface area contributed by atoms with E-state index in [0.717, 1.165) is 44.4 Å². The molecule has 0 aromatic carbocycles. The van der Waals surface area contributed by atoms with Crippen molar-refractivity contribution >= 4 is 35.8 Å². The van der Waals surface area contributed by atoms with Crippen molar-refractivity contribution in [2.75, 3.05) is 46.3 Å². The minimum Gasteiger partial charge on any atom is -0.364 e. The second kappa shape index (κ2) is 13.0. The van der Waals surface area contributed by atoms with Gasteiger partial charge < -0.3 is 20.1 Å². The van der Waals surface area contributed by atoms with Crippen LogP contribution in [0.25, 0.3) is 0 Å². The molecule has 1 aliphatic carbocycles. The fraction of sp³-hybridized carbons (Fsp3) is 0.750. The highest BCUT2D eigenvalue weighted by Crippen LogP contribution is 2.25. The molecule has 9 heteroatoms. The molecule has 1 saturated heterocycles. The Hall–Kier alpha value is -1.36. The molecule has 0 atom stereocenters. The van der Waals surface area contributed by atoms with Crippen LogP contribution < -0.4 is 10.6 Å². The number of carbonyl (C=O) groups excluding carboxylic acids is 1. The van der Waals surface area contributed by atoms with Gasteiger partial charge in [0.2, 0.25) is 5.91 Å². The summed E-state index contributed by atoms with van der Waals surface area (Å²) in [7, 11) is 1.81. The van der Waals surface area contributed by atoms with Crippen LogP contribution in [0.15, 0.2) is 21.8 Å². The number of hydrogen-bond donors (Lipinski definition) is 2. The highest BCUT2D eigenvalue weighted by atomic mass is 127. The van der Waals surface area contributed by atoms with E-state index in [1.54, 1.807) is 6.26 Å². The van der Waals surface area contributed by atoms with Gasteiger partial charge in [-0.3, -0.25) is 14.7 Å². The van der Waals surface area contributed by atoms with E-state index in [1.807, 2.05) is 13.1 Å². The Morgan fingerprint density at radius 2 is 1.90 bits per heavy atom. The number of aromatic nitrogens is 1. The van der Waals surface area contributed by atoms with Crippen LogP contribution in [0.2, 0.25) is 0 Å². The Labute approximate surface area is 190 Å². The minimum atomic E-state index is 0. The fourth-order valence-corrected chi connectivity index (χ4v) is 4.10. The van der Waals surface area contributed by atoms with Crippen molar-refractivity contribution < 1.29 is 9.32 Å². The van der Waals surface area contributed by atoms with E-state index < -0.39 is 0 Å². The molecule has 1 aromatic heterocycles. The molecule has 164 valence electrons. The summed E-state index contributed by atoms with van der Waals surface area (Å²) in [5.74, 6) is 1.68. The van der Waals surface area contributed by atoms with Gasteiger partial charge in [-0.25, -0.2) is 0 Å². The molecule has 1 saturated carbocycles. The summed E-state index contributed by atoms with van der Waals surface area (Å²) >= 11 is 0. The Morgan fingerprint density at radius 3 is 2.55 bits per heavy atom. The van der Waals surface area contributed by atoms with Crippen molar-refractivity contribution in [2.45, 2.75) is 45.1 Å². The number of rotatable bonds is 7. The Morgan fingerprint density at radius 1 is 1.17 bits per heavy atom. The summed E-state index contributed by atoms with van der Waals surface area (Å²) in [4.78, 5) is 21.1. The molecule has 2 fully saturated rings. The molecule has 0 spiro atoms. The lowest BCUT2D eigenvalue weighted by Gasteiger charge is -2.36. The Balaban J connectivity index is 0.00000300. The van der Waals surface area contributed by atoms with Gasteiger partial charge in [-0.05, 0) is 18.8 Å². The largest absolute Gasteiger partial charge is 0.364 e. The van der Waals surface area contributed by atoms with Gasteiger partial charge in [-0.1, -0.05) is 24.4 Å². The van der Waals surface area contributed by atoms with Gasteiger partial charge in [0.25, 0.3) is 0 Å². The van der Waals surface area contributed by atoms with Gasteiger partial charge >= 0.3 is 0 Å². The molecule has 2 heterocycles. The number of carbonyl (C=O) groups is 1. The van der Waals surface area contributed by atoms with Crippen LogP contribution in [0.4, 0.5) is 0 Å². The van der Waals surface area contributed by atoms with Gasteiger partial charge in [-0.2, -0.15) is 0 Å². The molecule has 1 aliphatic heterocycles. The number of nitrogens with zero attached hydrogens (tertiary/aromatic N) is 4. The van der Waals surface area contributed by atoms with Crippen LogP contribution in [-0.4, -0.2) is 73.1 Å². The number of aliphatic imine (C=N–C) groups is 1. The topological polar surface area (TPSA) is 86.0 Å². The van der Waals surface area contributed by atoms with Gasteiger partial charge in [0, 0.05) is 65.3 Å². The number of amides is 1. The summed E-state index contributed by atoms with van der Waals surface area (Å²) in [6.07, 6.45) is 8.61. The van der Waals surface area contributed by atoms with E-state index in [0.29, 0.717) is 25.4 Å². The van der Waals surface area contributed by atoms with Crippen molar-refractivity contribution in [1.82, 2.24) is 25.6 Å². The van der Waals surface area contributed by atoms with Crippen molar-refractivity contribution in [3.63, 3.8) is 0 Å². The highest BCUT2D eigenvalue weighted by molar-refractivity contribution is 14.0. The first-order chi connectivity index (χ1) is 13.7. The van der Waals surface area contributed by atoms with Gasteiger partial charge in [0.05, 0.1) is 5.69 Å². The molecular formula is C20H35IN6O2. The summed E-state index contributed by atoms with van der Waals surface area (Å²) in [6.45, 7) is 5.93. The molecular weight excluding hydrogens is 483 g/mol. The van der Waals surface area contributed by atoms with Crippen molar-refractivity contribution in [3.8, 4) is 0 Å². The number of nitrogens with one attached hydrogen (secondary N) is 2. The van der Waals surface area contributed by atoms with E-state index in [2.05, 4.69) is 30.6 Å². The molecule has 1 amide bonds. The number of guanidine groups is 1. The fourth-order valence-electron chi connectivity index (χ4n) is 4.10. The third kappa shape index (κ3) is 8.12. The first-order valence-corrected chi connectivity index (χ1v) is 10.6. The predicted molar refractivity (Wildman–Crippen MR) is 124 cm³/mol. The zero-order valence-corrected chi connectivity index (χ0v) is 19.8. The summed E-state index contributed by atoms with van der Waals surface area (Å²) in [5.41, 5.74) is 0.972. The maximum absolute atomic E-state index is 12.1. The first kappa shape index (κ1) is 23.9. The minimum absolute atomic E-state index is 0. The van der Waals surface area contributed by atoms with E-state index in [1.165, 1.54) is 32.1 Å². The number of hydrogen-bond acceptors (Lipinski definition) is 5. The third-order valence-electron chi connectivity index (χ3n) is 5.69. The number of halogens is 1. The van der Waals surface area contributed by atoms with Crippen LogP contribution >= 0.6 is 24.0 Å². The summed E-state index contributed by atoms with van der Waals surface area (Å²) < 4.78 is 4.90. The monoisotopic (exact) mass is 518 g/mol. The Bertz CT molecular complexity index is 610. The summed E-state index contributed by atoms with van der Waals surface area (Å²) in [6, 6.07) is 1.91. The van der Waals surface area contributed by atoms with Crippen molar-refractivity contribution in [2.24, 2.45) is 10.9 Å². The third-order valence-corrected chi connectivity index (χ3v) is 5.69. The smallest absolute Gasteiger partial charge is 0.220 e. The van der Waals surface area contributed by atoms with Crippen LogP contribution in [0, 0.1) is 5.92 Å². The van der Waals surface area contributed by atoms with E-state index in [4.69, 9.17) is 4.52 Å². The second-order valence-corrected chi connectivity index (χ2v) is 7.79. The van der Waals surface area contributed by atoms with E-state index in [-0.39, 0.29) is 29.9 Å². The molecule has 2 aliphatic rings.